The molecule has 1 heterocycles. The number of ether oxygens (including phenoxy) is 1. The number of benzene rings is 1. The predicted octanol–water partition coefficient (Wildman–Crippen LogP) is 3.50. The fourth-order valence-electron chi connectivity index (χ4n) is 1.45. The van der Waals surface area contributed by atoms with Crippen molar-refractivity contribution in [3.63, 3.8) is 0 Å². The van der Waals surface area contributed by atoms with Crippen molar-refractivity contribution in [1.82, 2.24) is 9.97 Å². The standard InChI is InChI=1S/C13H13ClN2O/c1-3-17-11-6-4-5-10(7-11)13-15-8-9(2)12(14)16-13/h4-8H,3H2,1-2H3. The van der Waals surface area contributed by atoms with E-state index in [2.05, 4.69) is 9.97 Å². The molecule has 0 amide bonds. The van der Waals surface area contributed by atoms with Crippen LogP contribution >= 0.6 is 11.6 Å². The lowest BCUT2D eigenvalue weighted by Crippen LogP contribution is -1.94. The van der Waals surface area contributed by atoms with E-state index in [1.165, 1.54) is 0 Å². The third-order valence-corrected chi connectivity index (χ3v) is 2.70. The van der Waals surface area contributed by atoms with Crippen molar-refractivity contribution >= 4 is 11.6 Å². The summed E-state index contributed by atoms with van der Waals surface area (Å²) in [6.45, 7) is 4.47. The van der Waals surface area contributed by atoms with Gasteiger partial charge in [0.25, 0.3) is 0 Å². The zero-order valence-corrected chi connectivity index (χ0v) is 10.5. The van der Waals surface area contributed by atoms with E-state index in [9.17, 15) is 0 Å². The Labute approximate surface area is 105 Å². The van der Waals surface area contributed by atoms with Gasteiger partial charge in [-0.3, -0.25) is 0 Å². The van der Waals surface area contributed by atoms with Crippen LogP contribution in [0.15, 0.2) is 30.5 Å². The van der Waals surface area contributed by atoms with Gasteiger partial charge in [0.15, 0.2) is 5.82 Å². The van der Waals surface area contributed by atoms with E-state index in [0.717, 1.165) is 16.9 Å². The van der Waals surface area contributed by atoms with Crippen LogP contribution in [-0.4, -0.2) is 16.6 Å². The van der Waals surface area contributed by atoms with Crippen LogP contribution in [0.3, 0.4) is 0 Å². The molecule has 2 rings (SSSR count). The van der Waals surface area contributed by atoms with E-state index in [1.807, 2.05) is 38.1 Å². The Balaban J connectivity index is 2.38. The molecule has 1 aromatic carbocycles. The molecule has 0 radical (unpaired) electrons. The van der Waals surface area contributed by atoms with E-state index in [0.29, 0.717) is 17.6 Å². The number of hydrogen-bond acceptors (Lipinski definition) is 3. The zero-order valence-electron chi connectivity index (χ0n) is 9.77. The minimum Gasteiger partial charge on any atom is -0.494 e. The first-order valence-corrected chi connectivity index (χ1v) is 5.81. The molecule has 0 spiro atoms. The maximum Gasteiger partial charge on any atom is 0.160 e. The lowest BCUT2D eigenvalue weighted by molar-refractivity contribution is 0.340. The molecule has 0 aliphatic rings. The summed E-state index contributed by atoms with van der Waals surface area (Å²) >= 11 is 5.98. The number of aryl methyl sites for hydroxylation is 1. The number of halogens is 1. The van der Waals surface area contributed by atoms with Gasteiger partial charge < -0.3 is 4.74 Å². The van der Waals surface area contributed by atoms with Gasteiger partial charge >= 0.3 is 0 Å². The molecule has 0 aliphatic carbocycles. The van der Waals surface area contributed by atoms with Gasteiger partial charge in [-0.25, -0.2) is 9.97 Å². The summed E-state index contributed by atoms with van der Waals surface area (Å²) in [4.78, 5) is 8.50. The predicted molar refractivity (Wildman–Crippen MR) is 68.4 cm³/mol. The summed E-state index contributed by atoms with van der Waals surface area (Å²) in [7, 11) is 0. The number of nitrogens with zero attached hydrogens (tertiary/aromatic N) is 2. The minimum absolute atomic E-state index is 0.483. The van der Waals surface area contributed by atoms with Crippen LogP contribution in [0.4, 0.5) is 0 Å². The number of rotatable bonds is 3. The van der Waals surface area contributed by atoms with Crippen LogP contribution < -0.4 is 4.74 Å². The lowest BCUT2D eigenvalue weighted by atomic mass is 10.2. The Kier molecular flexibility index (Phi) is 3.59. The van der Waals surface area contributed by atoms with Gasteiger partial charge in [-0.1, -0.05) is 23.7 Å². The van der Waals surface area contributed by atoms with Crippen molar-refractivity contribution in [2.24, 2.45) is 0 Å². The fraction of sp³-hybridized carbons (Fsp3) is 0.231. The Bertz CT molecular complexity index is 529. The monoisotopic (exact) mass is 248 g/mol. The second-order valence-electron chi connectivity index (χ2n) is 3.63. The highest BCUT2D eigenvalue weighted by Crippen LogP contribution is 2.22. The first-order valence-electron chi connectivity index (χ1n) is 5.43. The van der Waals surface area contributed by atoms with E-state index in [-0.39, 0.29) is 0 Å². The molecule has 88 valence electrons. The first kappa shape index (κ1) is 11.9. The van der Waals surface area contributed by atoms with Crippen molar-refractivity contribution in [3.05, 3.63) is 41.2 Å². The molecule has 0 bridgehead atoms. The number of aromatic nitrogens is 2. The maximum absolute atomic E-state index is 5.98. The van der Waals surface area contributed by atoms with Gasteiger partial charge in [0.1, 0.15) is 10.9 Å². The molecule has 2 aromatic rings. The second-order valence-corrected chi connectivity index (χ2v) is 3.99. The molecule has 4 heteroatoms. The molecule has 0 saturated heterocycles. The highest BCUT2D eigenvalue weighted by molar-refractivity contribution is 6.30. The molecule has 0 saturated carbocycles. The Hall–Kier alpha value is -1.61. The summed E-state index contributed by atoms with van der Waals surface area (Å²) in [5, 5.41) is 0.483. The largest absolute Gasteiger partial charge is 0.494 e. The average Bonchev–Trinajstić information content (AvgIpc) is 2.33. The van der Waals surface area contributed by atoms with Crippen molar-refractivity contribution in [1.29, 1.82) is 0 Å². The molecule has 1 aromatic heterocycles. The quantitative estimate of drug-likeness (QED) is 0.780. The van der Waals surface area contributed by atoms with Crippen molar-refractivity contribution in [2.45, 2.75) is 13.8 Å². The fourth-order valence-corrected chi connectivity index (χ4v) is 1.58. The first-order chi connectivity index (χ1) is 8.20. The van der Waals surface area contributed by atoms with Crippen molar-refractivity contribution in [2.75, 3.05) is 6.61 Å². The van der Waals surface area contributed by atoms with E-state index < -0.39 is 0 Å². The number of hydrogen-bond donors (Lipinski definition) is 0. The van der Waals surface area contributed by atoms with Crippen LogP contribution in [0, 0.1) is 6.92 Å². The van der Waals surface area contributed by atoms with Crippen LogP contribution in [-0.2, 0) is 0 Å². The Morgan fingerprint density at radius 1 is 1.35 bits per heavy atom. The summed E-state index contributed by atoms with van der Waals surface area (Å²) in [6, 6.07) is 7.66. The third-order valence-electron chi connectivity index (χ3n) is 2.31. The van der Waals surface area contributed by atoms with Gasteiger partial charge in [0, 0.05) is 17.3 Å². The van der Waals surface area contributed by atoms with Crippen molar-refractivity contribution < 1.29 is 4.74 Å². The van der Waals surface area contributed by atoms with Gasteiger partial charge in [-0.15, -0.1) is 0 Å². The molecular formula is C13H13ClN2O. The topological polar surface area (TPSA) is 35.0 Å². The van der Waals surface area contributed by atoms with Crippen LogP contribution in [0.25, 0.3) is 11.4 Å². The molecule has 17 heavy (non-hydrogen) atoms. The third kappa shape index (κ3) is 2.74. The molecule has 0 aliphatic heterocycles. The zero-order chi connectivity index (χ0) is 12.3. The molecule has 3 nitrogen and oxygen atoms in total. The molecule has 0 fully saturated rings. The summed E-state index contributed by atoms with van der Waals surface area (Å²) < 4.78 is 5.43. The van der Waals surface area contributed by atoms with Gasteiger partial charge in [-0.2, -0.15) is 0 Å². The summed E-state index contributed by atoms with van der Waals surface area (Å²) in [5.74, 6) is 1.42. The Morgan fingerprint density at radius 2 is 2.18 bits per heavy atom. The van der Waals surface area contributed by atoms with E-state index >= 15 is 0 Å². The normalized spacial score (nSPS) is 10.3. The maximum atomic E-state index is 5.98. The molecular weight excluding hydrogens is 236 g/mol. The molecule has 0 atom stereocenters. The highest BCUT2D eigenvalue weighted by atomic mass is 35.5. The van der Waals surface area contributed by atoms with E-state index in [4.69, 9.17) is 16.3 Å². The van der Waals surface area contributed by atoms with E-state index in [1.54, 1.807) is 6.20 Å². The van der Waals surface area contributed by atoms with Crippen LogP contribution in [0.1, 0.15) is 12.5 Å². The Morgan fingerprint density at radius 3 is 2.88 bits per heavy atom. The second kappa shape index (κ2) is 5.15. The van der Waals surface area contributed by atoms with Crippen LogP contribution in [0.2, 0.25) is 5.15 Å². The summed E-state index contributed by atoms with van der Waals surface area (Å²) in [5.41, 5.74) is 1.77. The molecule has 0 unspecified atom stereocenters. The SMILES string of the molecule is CCOc1cccc(-c2ncc(C)c(Cl)n2)c1. The van der Waals surface area contributed by atoms with Gasteiger partial charge in [0.05, 0.1) is 6.61 Å². The smallest absolute Gasteiger partial charge is 0.160 e. The van der Waals surface area contributed by atoms with Gasteiger partial charge in [0.2, 0.25) is 0 Å². The molecule has 0 N–H and O–H groups in total. The minimum atomic E-state index is 0.483. The lowest BCUT2D eigenvalue weighted by Gasteiger charge is -2.06. The van der Waals surface area contributed by atoms with Crippen molar-refractivity contribution in [3.8, 4) is 17.1 Å². The highest BCUT2D eigenvalue weighted by Gasteiger charge is 2.05. The summed E-state index contributed by atoms with van der Waals surface area (Å²) in [6.07, 6.45) is 1.72. The van der Waals surface area contributed by atoms with Crippen LogP contribution in [0.5, 0.6) is 5.75 Å². The average molecular weight is 249 g/mol. The van der Waals surface area contributed by atoms with Gasteiger partial charge in [-0.05, 0) is 26.0 Å².